The van der Waals surface area contributed by atoms with Gasteiger partial charge in [0, 0.05) is 30.4 Å². The van der Waals surface area contributed by atoms with E-state index in [0.29, 0.717) is 17.9 Å². The lowest BCUT2D eigenvalue weighted by molar-refractivity contribution is -0.143. The molecular weight excluding hydrogens is 368 g/mol. The number of likely N-dealkylation sites (tertiary alicyclic amines) is 1. The normalized spacial score (nSPS) is 20.3. The average molecular weight is 403 g/mol. The van der Waals surface area contributed by atoms with Gasteiger partial charge in [-0.05, 0) is 70.8 Å². The molecule has 1 heterocycles. The molecule has 2 N–H and O–H groups in total. The van der Waals surface area contributed by atoms with Crippen LogP contribution in [-0.2, 0) is 14.4 Å². The second kappa shape index (κ2) is 10.4. The smallest absolute Gasteiger partial charge is 0.240 e. The fourth-order valence-electron chi connectivity index (χ4n) is 3.98. The lowest BCUT2D eigenvalue weighted by Gasteiger charge is -2.42. The van der Waals surface area contributed by atoms with Gasteiger partial charge in [0.15, 0.2) is 0 Å². The third-order valence-electron chi connectivity index (χ3n) is 5.60. The highest BCUT2D eigenvalue weighted by Gasteiger charge is 2.34. The number of benzene rings is 1. The zero-order chi connectivity index (χ0) is 21.6. The summed E-state index contributed by atoms with van der Waals surface area (Å²) < 4.78 is 0. The Balaban J connectivity index is 1.96. The Hall–Kier alpha value is -2.41. The molecule has 29 heavy (non-hydrogen) atoms. The number of nitrogens with one attached hydrogen (secondary N) is 2. The molecule has 1 aliphatic rings. The van der Waals surface area contributed by atoms with Gasteiger partial charge >= 0.3 is 0 Å². The van der Waals surface area contributed by atoms with Gasteiger partial charge in [-0.25, -0.2) is 0 Å². The van der Waals surface area contributed by atoms with Crippen LogP contribution in [0.5, 0.6) is 0 Å². The van der Waals surface area contributed by atoms with Crippen LogP contribution in [-0.4, -0.2) is 58.7 Å². The van der Waals surface area contributed by atoms with Crippen LogP contribution in [0.4, 0.5) is 11.4 Å². The summed E-state index contributed by atoms with van der Waals surface area (Å²) in [6.07, 6.45) is 3.22. The molecule has 1 saturated heterocycles. The second-order valence-corrected chi connectivity index (χ2v) is 7.92. The molecule has 3 amide bonds. The van der Waals surface area contributed by atoms with Gasteiger partial charge in [-0.1, -0.05) is 6.92 Å². The van der Waals surface area contributed by atoms with Crippen molar-refractivity contribution < 1.29 is 14.4 Å². The number of hydrogen-bond acceptors (Lipinski definition) is 4. The monoisotopic (exact) mass is 402 g/mol. The summed E-state index contributed by atoms with van der Waals surface area (Å²) in [6, 6.07) is 7.08. The summed E-state index contributed by atoms with van der Waals surface area (Å²) in [4.78, 5) is 40.6. The predicted molar refractivity (Wildman–Crippen MR) is 116 cm³/mol. The van der Waals surface area contributed by atoms with Crippen LogP contribution in [0, 0.1) is 0 Å². The van der Waals surface area contributed by atoms with Gasteiger partial charge in [0.25, 0.3) is 0 Å². The van der Waals surface area contributed by atoms with Gasteiger partial charge in [-0.3, -0.25) is 19.3 Å². The Labute approximate surface area is 173 Å². The fraction of sp³-hybridized carbons (Fsp3) is 0.591. The molecular formula is C22H34N4O3. The Kier molecular flexibility index (Phi) is 8.20. The van der Waals surface area contributed by atoms with Crippen molar-refractivity contribution in [3.8, 4) is 0 Å². The maximum Gasteiger partial charge on any atom is 0.240 e. The first-order valence-corrected chi connectivity index (χ1v) is 10.5. The minimum Gasteiger partial charge on any atom is -0.336 e. The van der Waals surface area contributed by atoms with Crippen molar-refractivity contribution in [2.24, 2.45) is 0 Å². The molecule has 7 heteroatoms. The maximum absolute atomic E-state index is 13.1. The first-order valence-electron chi connectivity index (χ1n) is 10.5. The lowest BCUT2D eigenvalue weighted by Crippen LogP contribution is -2.55. The van der Waals surface area contributed by atoms with Crippen LogP contribution in [0.1, 0.15) is 53.9 Å². The average Bonchev–Trinajstić information content (AvgIpc) is 2.66. The molecule has 0 bridgehead atoms. The van der Waals surface area contributed by atoms with Gasteiger partial charge in [-0.15, -0.1) is 0 Å². The number of hydrogen-bond donors (Lipinski definition) is 2. The topological polar surface area (TPSA) is 81.8 Å². The summed E-state index contributed by atoms with van der Waals surface area (Å²) in [5, 5.41) is 5.55. The molecule has 160 valence electrons. The highest BCUT2D eigenvalue weighted by atomic mass is 16.2. The molecule has 0 saturated carbocycles. The molecule has 2 rings (SSSR count). The van der Waals surface area contributed by atoms with Crippen molar-refractivity contribution in [3.05, 3.63) is 24.3 Å². The zero-order valence-electron chi connectivity index (χ0n) is 18.2. The predicted octanol–water partition coefficient (Wildman–Crippen LogP) is 3.08. The summed E-state index contributed by atoms with van der Waals surface area (Å²) in [5.41, 5.74) is 1.33. The van der Waals surface area contributed by atoms with Gasteiger partial charge in [0.2, 0.25) is 17.7 Å². The lowest BCUT2D eigenvalue weighted by atomic mass is 9.96. The molecule has 0 spiro atoms. The molecule has 0 radical (unpaired) electrons. The van der Waals surface area contributed by atoms with E-state index in [0.717, 1.165) is 19.3 Å². The standard InChI is InChI=1S/C22H34N4O3/c1-6-25(17(4)22(29)26-15(2)8-7-9-16(26)3)14-21(28)24-20-12-10-19(11-13-20)23-18(5)27/h10-13,15-17H,6-9,14H2,1-5H3,(H,23,27)(H,24,28)/t15-,16+,17-/m1/s1. The van der Waals surface area contributed by atoms with E-state index in [1.807, 2.05) is 23.6 Å². The highest BCUT2D eigenvalue weighted by Crippen LogP contribution is 2.24. The van der Waals surface area contributed by atoms with Gasteiger partial charge in [0.1, 0.15) is 0 Å². The molecule has 3 atom stereocenters. The number of anilines is 2. The Morgan fingerprint density at radius 3 is 2.07 bits per heavy atom. The van der Waals surface area contributed by atoms with Crippen molar-refractivity contribution in [1.82, 2.24) is 9.80 Å². The highest BCUT2D eigenvalue weighted by molar-refractivity contribution is 5.93. The molecule has 0 unspecified atom stereocenters. The summed E-state index contributed by atoms with van der Waals surface area (Å²) >= 11 is 0. The Morgan fingerprint density at radius 2 is 1.59 bits per heavy atom. The number of likely N-dealkylation sites (N-methyl/N-ethyl adjacent to an activating group) is 1. The first kappa shape index (κ1) is 22.9. The van der Waals surface area contributed by atoms with Crippen molar-refractivity contribution in [1.29, 1.82) is 0 Å². The molecule has 0 aromatic heterocycles. The van der Waals surface area contributed by atoms with E-state index in [2.05, 4.69) is 24.5 Å². The zero-order valence-corrected chi connectivity index (χ0v) is 18.2. The summed E-state index contributed by atoms with van der Waals surface area (Å²) in [7, 11) is 0. The van der Waals surface area contributed by atoms with Gasteiger partial charge < -0.3 is 15.5 Å². The first-order chi connectivity index (χ1) is 13.7. The second-order valence-electron chi connectivity index (χ2n) is 7.92. The summed E-state index contributed by atoms with van der Waals surface area (Å²) in [6.45, 7) is 10.3. The number of carbonyl (C=O) groups is 3. The Morgan fingerprint density at radius 1 is 1.07 bits per heavy atom. The van der Waals surface area contributed by atoms with Crippen LogP contribution < -0.4 is 10.6 Å². The van der Waals surface area contributed by atoms with E-state index in [-0.39, 0.29) is 42.4 Å². The largest absolute Gasteiger partial charge is 0.336 e. The molecule has 7 nitrogen and oxygen atoms in total. The van der Waals surface area contributed by atoms with Crippen molar-refractivity contribution >= 4 is 29.1 Å². The number of amides is 3. The SMILES string of the molecule is CCN(CC(=O)Nc1ccc(NC(C)=O)cc1)[C@H](C)C(=O)N1[C@H](C)CCC[C@@H]1C. The van der Waals surface area contributed by atoms with Crippen LogP contribution in [0.15, 0.2) is 24.3 Å². The van der Waals surface area contributed by atoms with Crippen LogP contribution in [0.25, 0.3) is 0 Å². The number of piperidine rings is 1. The molecule has 1 aliphatic heterocycles. The summed E-state index contributed by atoms with van der Waals surface area (Å²) in [5.74, 6) is -0.214. The minimum atomic E-state index is -0.351. The van der Waals surface area contributed by atoms with E-state index in [4.69, 9.17) is 0 Å². The number of nitrogens with zero attached hydrogens (tertiary/aromatic N) is 2. The fourth-order valence-corrected chi connectivity index (χ4v) is 3.98. The van der Waals surface area contributed by atoms with E-state index in [9.17, 15) is 14.4 Å². The van der Waals surface area contributed by atoms with Crippen molar-refractivity contribution in [3.63, 3.8) is 0 Å². The van der Waals surface area contributed by atoms with E-state index < -0.39 is 0 Å². The molecule has 1 fully saturated rings. The van der Waals surface area contributed by atoms with Crippen molar-refractivity contribution in [2.45, 2.75) is 72.0 Å². The van der Waals surface area contributed by atoms with Crippen molar-refractivity contribution in [2.75, 3.05) is 23.7 Å². The third kappa shape index (κ3) is 6.29. The molecule has 1 aromatic rings. The number of rotatable bonds is 7. The maximum atomic E-state index is 13.1. The quantitative estimate of drug-likeness (QED) is 0.734. The van der Waals surface area contributed by atoms with E-state index in [1.165, 1.54) is 6.92 Å². The molecule has 0 aliphatic carbocycles. The number of carbonyl (C=O) groups excluding carboxylic acids is 3. The Bertz CT molecular complexity index is 709. The molecule has 1 aromatic carbocycles. The van der Waals surface area contributed by atoms with E-state index in [1.54, 1.807) is 24.3 Å². The van der Waals surface area contributed by atoms with Crippen LogP contribution in [0.2, 0.25) is 0 Å². The van der Waals surface area contributed by atoms with Crippen LogP contribution >= 0.6 is 0 Å². The van der Waals surface area contributed by atoms with Gasteiger partial charge in [-0.2, -0.15) is 0 Å². The van der Waals surface area contributed by atoms with Gasteiger partial charge in [0.05, 0.1) is 12.6 Å². The third-order valence-corrected chi connectivity index (χ3v) is 5.60. The van der Waals surface area contributed by atoms with Crippen LogP contribution in [0.3, 0.4) is 0 Å². The van der Waals surface area contributed by atoms with E-state index >= 15 is 0 Å². The minimum absolute atomic E-state index is 0.0963.